The summed E-state index contributed by atoms with van der Waals surface area (Å²) in [5.74, 6) is -0.183. The number of rotatable bonds is 8. The van der Waals surface area contributed by atoms with Gasteiger partial charge in [0.05, 0.1) is 19.2 Å². The van der Waals surface area contributed by atoms with E-state index in [1.165, 1.54) is 23.3 Å². The minimum Gasteiger partial charge on any atom is -0.467 e. The predicted octanol–water partition coefficient (Wildman–Crippen LogP) is 3.69. The van der Waals surface area contributed by atoms with Crippen molar-refractivity contribution in [2.24, 2.45) is 0 Å². The normalized spacial score (nSPS) is 11.7. The van der Waals surface area contributed by atoms with E-state index in [4.69, 9.17) is 4.42 Å². The first-order valence-corrected chi connectivity index (χ1v) is 9.41. The molecule has 0 fully saturated rings. The average molecular weight is 394 g/mol. The molecule has 0 spiro atoms. The van der Waals surface area contributed by atoms with Crippen LogP contribution < -0.4 is 5.32 Å². The molecule has 0 radical (unpaired) electrons. The highest BCUT2D eigenvalue weighted by Crippen LogP contribution is 2.13. The number of benzene rings is 2. The van der Waals surface area contributed by atoms with Gasteiger partial charge in [-0.3, -0.25) is 9.59 Å². The minimum absolute atomic E-state index is 0.178. The predicted molar refractivity (Wildman–Crippen MR) is 107 cm³/mol. The Kier molecular flexibility index (Phi) is 6.79. The first-order valence-electron chi connectivity index (χ1n) is 9.41. The Balaban J connectivity index is 1.73. The zero-order valence-corrected chi connectivity index (χ0v) is 16.2. The van der Waals surface area contributed by atoms with Crippen LogP contribution in [0.25, 0.3) is 0 Å². The van der Waals surface area contributed by atoms with E-state index in [1.54, 1.807) is 31.2 Å². The van der Waals surface area contributed by atoms with Gasteiger partial charge < -0.3 is 14.6 Å². The Hall–Kier alpha value is -3.41. The van der Waals surface area contributed by atoms with Gasteiger partial charge in [0.25, 0.3) is 0 Å². The highest BCUT2D eigenvalue weighted by Gasteiger charge is 2.26. The fourth-order valence-electron chi connectivity index (χ4n) is 2.98. The fourth-order valence-corrected chi connectivity index (χ4v) is 2.98. The maximum absolute atomic E-state index is 13.2. The number of halogens is 1. The van der Waals surface area contributed by atoms with E-state index in [0.717, 1.165) is 11.1 Å². The highest BCUT2D eigenvalue weighted by atomic mass is 19.1. The topological polar surface area (TPSA) is 62.6 Å². The Morgan fingerprint density at radius 2 is 1.72 bits per heavy atom. The van der Waals surface area contributed by atoms with E-state index in [2.05, 4.69) is 5.32 Å². The molecule has 0 saturated carbocycles. The lowest BCUT2D eigenvalue weighted by Crippen LogP contribution is -2.47. The Morgan fingerprint density at radius 1 is 1.00 bits per heavy atom. The maximum atomic E-state index is 13.2. The molecule has 3 aromatic rings. The molecule has 0 unspecified atom stereocenters. The van der Waals surface area contributed by atoms with Gasteiger partial charge in [0, 0.05) is 6.54 Å². The molecule has 1 aromatic heterocycles. The molecule has 0 saturated heterocycles. The van der Waals surface area contributed by atoms with Crippen LogP contribution in [0.15, 0.2) is 77.4 Å². The molecule has 0 aliphatic heterocycles. The van der Waals surface area contributed by atoms with Gasteiger partial charge >= 0.3 is 0 Å². The van der Waals surface area contributed by atoms with Gasteiger partial charge in [0.2, 0.25) is 11.8 Å². The number of amides is 2. The number of furan rings is 1. The molecule has 0 aliphatic rings. The van der Waals surface area contributed by atoms with Crippen LogP contribution in [0, 0.1) is 5.82 Å². The molecule has 1 heterocycles. The summed E-state index contributed by atoms with van der Waals surface area (Å²) in [6, 6.07) is 18.1. The van der Waals surface area contributed by atoms with Gasteiger partial charge in [-0.15, -0.1) is 0 Å². The van der Waals surface area contributed by atoms with Crippen molar-refractivity contribution in [3.8, 4) is 0 Å². The second-order valence-electron chi connectivity index (χ2n) is 6.78. The van der Waals surface area contributed by atoms with E-state index in [-0.39, 0.29) is 37.1 Å². The summed E-state index contributed by atoms with van der Waals surface area (Å²) in [6.45, 7) is 2.14. The summed E-state index contributed by atoms with van der Waals surface area (Å²) in [6.07, 6.45) is 1.72. The molecule has 1 atom stereocenters. The smallest absolute Gasteiger partial charge is 0.242 e. The van der Waals surface area contributed by atoms with Gasteiger partial charge in [-0.2, -0.15) is 0 Å². The number of nitrogens with zero attached hydrogens (tertiary/aromatic N) is 1. The highest BCUT2D eigenvalue weighted by molar-refractivity contribution is 5.88. The molecule has 3 rings (SSSR count). The molecule has 0 aliphatic carbocycles. The molecule has 1 N–H and O–H groups in total. The van der Waals surface area contributed by atoms with Gasteiger partial charge in [-0.05, 0) is 42.3 Å². The van der Waals surface area contributed by atoms with Crippen LogP contribution in [0.2, 0.25) is 0 Å². The molecule has 29 heavy (non-hydrogen) atoms. The molecule has 0 bridgehead atoms. The molecular formula is C23H23FN2O3. The van der Waals surface area contributed by atoms with Crippen LogP contribution in [0.3, 0.4) is 0 Å². The third-order valence-electron chi connectivity index (χ3n) is 4.65. The Labute approximate surface area is 169 Å². The summed E-state index contributed by atoms with van der Waals surface area (Å²) in [5.41, 5.74) is 1.61. The number of nitrogens with one attached hydrogen (secondary N) is 1. The van der Waals surface area contributed by atoms with Crippen molar-refractivity contribution in [3.63, 3.8) is 0 Å². The lowest BCUT2D eigenvalue weighted by atomic mass is 10.1. The maximum Gasteiger partial charge on any atom is 0.242 e. The Morgan fingerprint density at radius 3 is 2.38 bits per heavy atom. The summed E-state index contributed by atoms with van der Waals surface area (Å²) in [5, 5.41) is 2.79. The summed E-state index contributed by atoms with van der Waals surface area (Å²) >= 11 is 0. The second kappa shape index (κ2) is 9.68. The van der Waals surface area contributed by atoms with Crippen LogP contribution in [-0.4, -0.2) is 22.8 Å². The number of carbonyl (C=O) groups is 2. The summed E-state index contributed by atoms with van der Waals surface area (Å²) in [4.78, 5) is 27.2. The quantitative estimate of drug-likeness (QED) is 0.634. The number of carbonyl (C=O) groups excluding carboxylic acids is 2. The van der Waals surface area contributed by atoms with Gasteiger partial charge in [-0.25, -0.2) is 4.39 Å². The van der Waals surface area contributed by atoms with Crippen LogP contribution in [-0.2, 0) is 29.1 Å². The van der Waals surface area contributed by atoms with Crippen molar-refractivity contribution >= 4 is 11.8 Å². The SMILES string of the molecule is C[C@H](C(=O)NCc1ccco1)N(Cc1ccc(F)cc1)C(=O)Cc1ccccc1. The lowest BCUT2D eigenvalue weighted by Gasteiger charge is -2.29. The summed E-state index contributed by atoms with van der Waals surface area (Å²) < 4.78 is 18.5. The van der Waals surface area contributed by atoms with E-state index in [1.807, 2.05) is 30.3 Å². The molecule has 2 aromatic carbocycles. The first kappa shape index (κ1) is 20.3. The van der Waals surface area contributed by atoms with Crippen LogP contribution in [0.5, 0.6) is 0 Å². The van der Waals surface area contributed by atoms with Crippen LogP contribution in [0.1, 0.15) is 23.8 Å². The average Bonchev–Trinajstić information content (AvgIpc) is 3.25. The zero-order valence-electron chi connectivity index (χ0n) is 16.2. The molecule has 2 amide bonds. The molecular weight excluding hydrogens is 371 g/mol. The molecule has 6 heteroatoms. The molecule has 5 nitrogen and oxygen atoms in total. The van der Waals surface area contributed by atoms with Gasteiger partial charge in [0.15, 0.2) is 0 Å². The van der Waals surface area contributed by atoms with E-state index < -0.39 is 6.04 Å². The number of hydrogen-bond donors (Lipinski definition) is 1. The fraction of sp³-hybridized carbons (Fsp3) is 0.217. The monoisotopic (exact) mass is 394 g/mol. The van der Waals surface area contributed by atoms with E-state index >= 15 is 0 Å². The van der Waals surface area contributed by atoms with Crippen LogP contribution in [0.4, 0.5) is 4.39 Å². The zero-order chi connectivity index (χ0) is 20.6. The van der Waals surface area contributed by atoms with Crippen molar-refractivity contribution in [3.05, 3.63) is 95.7 Å². The second-order valence-corrected chi connectivity index (χ2v) is 6.78. The van der Waals surface area contributed by atoms with Gasteiger partial charge in [0.1, 0.15) is 17.6 Å². The van der Waals surface area contributed by atoms with Gasteiger partial charge in [-0.1, -0.05) is 42.5 Å². The van der Waals surface area contributed by atoms with E-state index in [9.17, 15) is 14.0 Å². The molecule has 150 valence electrons. The summed E-state index contributed by atoms with van der Waals surface area (Å²) in [7, 11) is 0. The Bertz CT molecular complexity index is 925. The van der Waals surface area contributed by atoms with Crippen molar-refractivity contribution in [1.82, 2.24) is 10.2 Å². The van der Waals surface area contributed by atoms with Crippen molar-refractivity contribution in [2.75, 3.05) is 0 Å². The minimum atomic E-state index is -0.703. The van der Waals surface area contributed by atoms with Crippen molar-refractivity contribution in [1.29, 1.82) is 0 Å². The van der Waals surface area contributed by atoms with E-state index in [0.29, 0.717) is 5.76 Å². The third kappa shape index (κ3) is 5.78. The van der Waals surface area contributed by atoms with Crippen LogP contribution >= 0.6 is 0 Å². The lowest BCUT2D eigenvalue weighted by molar-refractivity contribution is -0.140. The standard InChI is InChI=1S/C23H23FN2O3/c1-17(23(28)25-15-21-8-5-13-29-21)26(16-19-9-11-20(24)12-10-19)22(27)14-18-6-3-2-4-7-18/h2-13,17H,14-16H2,1H3,(H,25,28)/t17-/m1/s1. The van der Waals surface area contributed by atoms with Crippen molar-refractivity contribution in [2.45, 2.75) is 32.5 Å². The third-order valence-corrected chi connectivity index (χ3v) is 4.65. The van der Waals surface area contributed by atoms with Crippen molar-refractivity contribution < 1.29 is 18.4 Å². The largest absolute Gasteiger partial charge is 0.467 e. The number of hydrogen-bond acceptors (Lipinski definition) is 3. The first-order chi connectivity index (χ1) is 14.0.